The van der Waals surface area contributed by atoms with Crippen LogP contribution in [-0.2, 0) is 11.3 Å². The quantitative estimate of drug-likeness (QED) is 0.509. The van der Waals surface area contributed by atoms with Crippen molar-refractivity contribution < 1.29 is 4.74 Å². The molecule has 0 heterocycles. The van der Waals surface area contributed by atoms with Gasteiger partial charge >= 0.3 is 0 Å². The van der Waals surface area contributed by atoms with Crippen LogP contribution in [0.1, 0.15) is 25.8 Å². The normalized spacial score (nSPS) is 12.5. The molecule has 0 radical (unpaired) electrons. The van der Waals surface area contributed by atoms with Crippen LogP contribution in [0.5, 0.6) is 0 Å². The zero-order valence-electron chi connectivity index (χ0n) is 10.6. The molecule has 0 fully saturated rings. The summed E-state index contributed by atoms with van der Waals surface area (Å²) in [7, 11) is 0. The predicted molar refractivity (Wildman–Crippen MR) is 73.6 cm³/mol. The van der Waals surface area contributed by atoms with Crippen molar-refractivity contribution >= 4 is 0 Å². The maximum absolute atomic E-state index is 5.43. The van der Waals surface area contributed by atoms with E-state index in [0.29, 0.717) is 6.61 Å². The van der Waals surface area contributed by atoms with Crippen LogP contribution in [0.25, 0.3) is 0 Å². The second-order valence-corrected chi connectivity index (χ2v) is 3.85. The molecule has 0 atom stereocenters. The molecule has 1 rings (SSSR count). The molecule has 0 aromatic heterocycles. The van der Waals surface area contributed by atoms with Crippen molar-refractivity contribution in [2.75, 3.05) is 0 Å². The minimum atomic E-state index is 0.620. The lowest BCUT2D eigenvalue weighted by Gasteiger charge is -1.99. The molecule has 0 unspecified atom stereocenters. The average Bonchev–Trinajstić information content (AvgIpc) is 2.37. The van der Waals surface area contributed by atoms with Crippen LogP contribution in [0, 0.1) is 0 Å². The van der Waals surface area contributed by atoms with Gasteiger partial charge in [-0.05, 0) is 25.0 Å². The number of ether oxygens (including phenoxy) is 1. The molecule has 0 amide bonds. The third kappa shape index (κ3) is 6.41. The molecule has 0 aliphatic carbocycles. The minimum Gasteiger partial charge on any atom is -0.497 e. The highest BCUT2D eigenvalue weighted by molar-refractivity contribution is 5.20. The molecule has 0 saturated carbocycles. The Bertz CT molecular complexity index is 385. The van der Waals surface area contributed by atoms with Crippen LogP contribution >= 0.6 is 0 Å². The van der Waals surface area contributed by atoms with Gasteiger partial charge in [0, 0.05) is 0 Å². The SMILES string of the molecule is CC\C=C/C(C)=C\C=C\OCc1ccccc1. The molecular weight excluding hydrogens is 208 g/mol. The molecule has 0 N–H and O–H groups in total. The Hall–Kier alpha value is -1.76. The molecular formula is C16H20O. The lowest BCUT2D eigenvalue weighted by molar-refractivity contribution is 0.236. The molecule has 0 spiro atoms. The fourth-order valence-electron chi connectivity index (χ4n) is 1.32. The van der Waals surface area contributed by atoms with Crippen molar-refractivity contribution in [1.82, 2.24) is 0 Å². The molecule has 0 bridgehead atoms. The molecule has 1 aromatic carbocycles. The highest BCUT2D eigenvalue weighted by atomic mass is 16.5. The molecule has 0 aliphatic rings. The largest absolute Gasteiger partial charge is 0.497 e. The predicted octanol–water partition coefficient (Wildman–Crippen LogP) is 4.63. The van der Waals surface area contributed by atoms with Crippen molar-refractivity contribution in [3.8, 4) is 0 Å². The van der Waals surface area contributed by atoms with Gasteiger partial charge in [-0.1, -0.05) is 61.1 Å². The van der Waals surface area contributed by atoms with Crippen molar-refractivity contribution in [1.29, 1.82) is 0 Å². The van der Waals surface area contributed by atoms with Gasteiger partial charge in [-0.3, -0.25) is 0 Å². The fourth-order valence-corrected chi connectivity index (χ4v) is 1.32. The number of hydrogen-bond donors (Lipinski definition) is 0. The highest BCUT2D eigenvalue weighted by Gasteiger charge is 1.87. The van der Waals surface area contributed by atoms with Crippen LogP contribution in [0.2, 0.25) is 0 Å². The smallest absolute Gasteiger partial charge is 0.112 e. The lowest BCUT2D eigenvalue weighted by atomic mass is 10.2. The van der Waals surface area contributed by atoms with E-state index in [9.17, 15) is 0 Å². The molecule has 0 aliphatic heterocycles. The summed E-state index contributed by atoms with van der Waals surface area (Å²) < 4.78 is 5.43. The first-order valence-corrected chi connectivity index (χ1v) is 5.98. The Labute approximate surface area is 104 Å². The van der Waals surface area contributed by atoms with Crippen LogP contribution in [-0.4, -0.2) is 0 Å². The van der Waals surface area contributed by atoms with Gasteiger partial charge in [-0.25, -0.2) is 0 Å². The van der Waals surface area contributed by atoms with Crippen LogP contribution in [0.15, 0.2) is 66.5 Å². The Morgan fingerprint density at radius 2 is 2.00 bits per heavy atom. The van der Waals surface area contributed by atoms with E-state index in [1.165, 1.54) is 11.1 Å². The minimum absolute atomic E-state index is 0.620. The molecule has 90 valence electrons. The van der Waals surface area contributed by atoms with Crippen LogP contribution < -0.4 is 0 Å². The molecule has 0 saturated heterocycles. The van der Waals surface area contributed by atoms with Gasteiger partial charge in [0.2, 0.25) is 0 Å². The molecule has 1 heteroatoms. The third-order valence-corrected chi connectivity index (χ3v) is 2.24. The Morgan fingerprint density at radius 3 is 2.71 bits per heavy atom. The van der Waals surface area contributed by atoms with E-state index in [0.717, 1.165) is 6.42 Å². The highest BCUT2D eigenvalue weighted by Crippen LogP contribution is 2.01. The number of rotatable bonds is 6. The summed E-state index contributed by atoms with van der Waals surface area (Å²) in [5.74, 6) is 0. The Balaban J connectivity index is 2.29. The topological polar surface area (TPSA) is 9.23 Å². The standard InChI is InChI=1S/C16H20O/c1-3-4-9-15(2)10-8-13-17-14-16-11-6-5-7-12-16/h4-13H,3,14H2,1-2H3/b9-4-,13-8+,15-10-. The van der Waals surface area contributed by atoms with E-state index >= 15 is 0 Å². The van der Waals surface area contributed by atoms with Crippen LogP contribution in [0.3, 0.4) is 0 Å². The first kappa shape index (κ1) is 13.3. The molecule has 17 heavy (non-hydrogen) atoms. The molecule has 1 nitrogen and oxygen atoms in total. The van der Waals surface area contributed by atoms with E-state index in [2.05, 4.69) is 38.1 Å². The monoisotopic (exact) mass is 228 g/mol. The van der Waals surface area contributed by atoms with E-state index in [1.54, 1.807) is 6.26 Å². The summed E-state index contributed by atoms with van der Waals surface area (Å²) in [6.45, 7) is 4.82. The van der Waals surface area contributed by atoms with Gasteiger partial charge < -0.3 is 4.74 Å². The lowest BCUT2D eigenvalue weighted by Crippen LogP contribution is -1.84. The maximum Gasteiger partial charge on any atom is 0.112 e. The zero-order valence-corrected chi connectivity index (χ0v) is 10.6. The van der Waals surface area contributed by atoms with Gasteiger partial charge in [0.15, 0.2) is 0 Å². The number of benzene rings is 1. The van der Waals surface area contributed by atoms with E-state index in [-0.39, 0.29) is 0 Å². The van der Waals surface area contributed by atoms with Gasteiger partial charge in [-0.2, -0.15) is 0 Å². The van der Waals surface area contributed by atoms with Crippen molar-refractivity contribution in [2.45, 2.75) is 26.9 Å². The van der Waals surface area contributed by atoms with Gasteiger partial charge in [-0.15, -0.1) is 0 Å². The van der Waals surface area contributed by atoms with Crippen molar-refractivity contribution in [3.05, 3.63) is 72.0 Å². The summed E-state index contributed by atoms with van der Waals surface area (Å²) in [6.07, 6.45) is 11.0. The second kappa shape index (κ2) is 8.40. The zero-order chi connectivity index (χ0) is 12.3. The number of hydrogen-bond acceptors (Lipinski definition) is 1. The number of allylic oxidation sites excluding steroid dienone is 5. The van der Waals surface area contributed by atoms with Crippen LogP contribution in [0.4, 0.5) is 0 Å². The van der Waals surface area contributed by atoms with Gasteiger partial charge in [0.25, 0.3) is 0 Å². The van der Waals surface area contributed by atoms with E-state index in [4.69, 9.17) is 4.74 Å². The Kier molecular flexibility index (Phi) is 6.57. The average molecular weight is 228 g/mol. The summed E-state index contributed by atoms with van der Waals surface area (Å²) in [4.78, 5) is 0. The first-order valence-electron chi connectivity index (χ1n) is 5.98. The first-order chi connectivity index (χ1) is 8.33. The summed E-state index contributed by atoms with van der Waals surface area (Å²) >= 11 is 0. The summed E-state index contributed by atoms with van der Waals surface area (Å²) in [6, 6.07) is 10.1. The second-order valence-electron chi connectivity index (χ2n) is 3.85. The van der Waals surface area contributed by atoms with Crippen molar-refractivity contribution in [3.63, 3.8) is 0 Å². The third-order valence-electron chi connectivity index (χ3n) is 2.24. The fraction of sp³-hybridized carbons (Fsp3) is 0.250. The van der Waals surface area contributed by atoms with Crippen molar-refractivity contribution in [2.24, 2.45) is 0 Å². The van der Waals surface area contributed by atoms with Gasteiger partial charge in [0.05, 0.1) is 6.26 Å². The van der Waals surface area contributed by atoms with E-state index < -0.39 is 0 Å². The summed E-state index contributed by atoms with van der Waals surface area (Å²) in [5.41, 5.74) is 2.41. The van der Waals surface area contributed by atoms with Gasteiger partial charge in [0.1, 0.15) is 6.61 Å². The molecule has 1 aromatic rings. The summed E-state index contributed by atoms with van der Waals surface area (Å²) in [5, 5.41) is 0. The van der Waals surface area contributed by atoms with E-state index in [1.807, 2.05) is 30.4 Å². The maximum atomic E-state index is 5.43. The Morgan fingerprint density at radius 1 is 1.24 bits per heavy atom.